The van der Waals surface area contributed by atoms with Crippen LogP contribution in [0.3, 0.4) is 0 Å². The highest BCUT2D eigenvalue weighted by Gasteiger charge is 2.12. The number of rotatable bonds is 9. The molecule has 7 nitrogen and oxygen atoms in total. The number of hydrogen-bond donors (Lipinski definition) is 2. The highest BCUT2D eigenvalue weighted by Crippen LogP contribution is 2.09. The van der Waals surface area contributed by atoms with Crippen LogP contribution < -0.4 is 10.6 Å². The molecule has 0 spiro atoms. The standard InChI is InChI=1S/C25H35N5O2/c1-6-30(7-2)24(32)21-13-11-20(12-14-21)18-28-25(26-3)27-16-15-19-9-8-10-22(17-19)23(31)29(4)5/h8-14,17H,6-7,15-16,18H2,1-5H3,(H2,26,27,28). The Labute approximate surface area is 191 Å². The monoisotopic (exact) mass is 437 g/mol. The summed E-state index contributed by atoms with van der Waals surface area (Å²) in [6, 6.07) is 15.4. The molecule has 0 saturated carbocycles. The average Bonchev–Trinajstić information content (AvgIpc) is 2.81. The largest absolute Gasteiger partial charge is 0.356 e. The minimum atomic E-state index is 0.00195. The lowest BCUT2D eigenvalue weighted by Crippen LogP contribution is -2.37. The Bertz CT molecular complexity index is 918. The molecule has 2 amide bonds. The lowest BCUT2D eigenvalue weighted by Gasteiger charge is -2.18. The number of hydrogen-bond acceptors (Lipinski definition) is 3. The summed E-state index contributed by atoms with van der Waals surface area (Å²) in [5.74, 6) is 0.763. The van der Waals surface area contributed by atoms with Gasteiger partial charge in [-0.1, -0.05) is 24.3 Å². The van der Waals surface area contributed by atoms with Gasteiger partial charge < -0.3 is 20.4 Å². The SMILES string of the molecule is CCN(CC)C(=O)c1ccc(CNC(=NC)NCCc2cccc(C(=O)N(C)C)c2)cc1. The third-order valence-electron chi connectivity index (χ3n) is 5.22. The van der Waals surface area contributed by atoms with E-state index in [-0.39, 0.29) is 11.8 Å². The van der Waals surface area contributed by atoms with E-state index in [1.807, 2.05) is 67.3 Å². The number of nitrogens with zero attached hydrogens (tertiary/aromatic N) is 3. The Hall–Kier alpha value is -3.35. The first-order valence-electron chi connectivity index (χ1n) is 11.0. The molecule has 0 bridgehead atoms. The predicted octanol–water partition coefficient (Wildman–Crippen LogP) is 2.78. The molecule has 0 aliphatic carbocycles. The highest BCUT2D eigenvalue weighted by atomic mass is 16.2. The summed E-state index contributed by atoms with van der Waals surface area (Å²) in [6.07, 6.45) is 0.775. The molecule has 2 rings (SSSR count). The molecule has 2 aromatic rings. The van der Waals surface area contributed by atoms with Gasteiger partial charge in [0.2, 0.25) is 0 Å². The summed E-state index contributed by atoms with van der Waals surface area (Å²) in [6.45, 7) is 6.67. The Kier molecular flexibility index (Phi) is 9.73. The number of guanidine groups is 1. The molecule has 0 unspecified atom stereocenters. The molecule has 0 heterocycles. The summed E-state index contributed by atoms with van der Waals surface area (Å²) in [4.78, 5) is 32.2. The maximum atomic E-state index is 12.4. The molecule has 0 aliphatic heterocycles. The smallest absolute Gasteiger partial charge is 0.253 e. The van der Waals surface area contributed by atoms with Crippen LogP contribution in [-0.2, 0) is 13.0 Å². The molecule has 172 valence electrons. The van der Waals surface area contributed by atoms with Crippen molar-refractivity contribution in [1.82, 2.24) is 20.4 Å². The fourth-order valence-electron chi connectivity index (χ4n) is 3.31. The molecule has 2 N–H and O–H groups in total. The van der Waals surface area contributed by atoms with Gasteiger partial charge in [0, 0.05) is 58.4 Å². The van der Waals surface area contributed by atoms with Gasteiger partial charge in [0.05, 0.1) is 0 Å². The van der Waals surface area contributed by atoms with E-state index in [2.05, 4.69) is 15.6 Å². The maximum Gasteiger partial charge on any atom is 0.253 e. The van der Waals surface area contributed by atoms with Crippen LogP contribution >= 0.6 is 0 Å². The average molecular weight is 438 g/mol. The number of nitrogens with one attached hydrogen (secondary N) is 2. The molecule has 32 heavy (non-hydrogen) atoms. The quantitative estimate of drug-likeness (QED) is 0.467. The van der Waals surface area contributed by atoms with Crippen molar-refractivity contribution in [3.05, 3.63) is 70.8 Å². The van der Waals surface area contributed by atoms with Crippen molar-refractivity contribution >= 4 is 17.8 Å². The zero-order chi connectivity index (χ0) is 23.5. The lowest BCUT2D eigenvalue weighted by molar-refractivity contribution is 0.0772. The van der Waals surface area contributed by atoms with Gasteiger partial charge in [-0.2, -0.15) is 0 Å². The second-order valence-corrected chi connectivity index (χ2v) is 7.68. The van der Waals surface area contributed by atoms with Crippen LogP contribution in [0.2, 0.25) is 0 Å². The van der Waals surface area contributed by atoms with Crippen LogP contribution in [0.5, 0.6) is 0 Å². The van der Waals surface area contributed by atoms with E-state index in [0.717, 1.165) is 17.5 Å². The molecule has 0 saturated heterocycles. The second-order valence-electron chi connectivity index (χ2n) is 7.68. The van der Waals surface area contributed by atoms with Crippen LogP contribution in [0.1, 0.15) is 45.7 Å². The van der Waals surface area contributed by atoms with Crippen molar-refractivity contribution in [3.8, 4) is 0 Å². The fourth-order valence-corrected chi connectivity index (χ4v) is 3.31. The molecule has 2 aromatic carbocycles. The summed E-state index contributed by atoms with van der Waals surface area (Å²) in [5.41, 5.74) is 3.56. The minimum Gasteiger partial charge on any atom is -0.356 e. The van der Waals surface area contributed by atoms with E-state index in [1.54, 1.807) is 26.0 Å². The van der Waals surface area contributed by atoms with E-state index >= 15 is 0 Å². The molecule has 0 aromatic heterocycles. The molecular weight excluding hydrogens is 402 g/mol. The number of carbonyl (C=O) groups is 2. The Balaban J connectivity index is 1.84. The molecule has 0 aliphatic rings. The Morgan fingerprint density at radius 1 is 0.875 bits per heavy atom. The summed E-state index contributed by atoms with van der Waals surface area (Å²) >= 11 is 0. The molecule has 0 atom stereocenters. The van der Waals surface area contributed by atoms with Crippen molar-refractivity contribution in [2.75, 3.05) is 40.8 Å². The predicted molar refractivity (Wildman–Crippen MR) is 130 cm³/mol. The molecular formula is C25H35N5O2. The van der Waals surface area contributed by atoms with Gasteiger partial charge in [0.1, 0.15) is 0 Å². The van der Waals surface area contributed by atoms with Crippen LogP contribution in [0.15, 0.2) is 53.5 Å². The van der Waals surface area contributed by atoms with E-state index in [1.165, 1.54) is 0 Å². The summed E-state index contributed by atoms with van der Waals surface area (Å²) in [5, 5.41) is 6.60. The topological polar surface area (TPSA) is 77.0 Å². The van der Waals surface area contributed by atoms with E-state index < -0.39 is 0 Å². The lowest BCUT2D eigenvalue weighted by atomic mass is 10.1. The van der Waals surface area contributed by atoms with E-state index in [0.29, 0.717) is 43.3 Å². The molecule has 0 radical (unpaired) electrons. The normalized spacial score (nSPS) is 11.1. The van der Waals surface area contributed by atoms with Gasteiger partial charge in [-0.3, -0.25) is 14.6 Å². The highest BCUT2D eigenvalue weighted by molar-refractivity contribution is 5.94. The number of benzene rings is 2. The summed E-state index contributed by atoms with van der Waals surface area (Å²) in [7, 11) is 5.24. The van der Waals surface area contributed by atoms with Gasteiger partial charge >= 0.3 is 0 Å². The third-order valence-corrected chi connectivity index (χ3v) is 5.22. The van der Waals surface area contributed by atoms with E-state index in [9.17, 15) is 9.59 Å². The molecule has 0 fully saturated rings. The van der Waals surface area contributed by atoms with Crippen LogP contribution in [0.4, 0.5) is 0 Å². The zero-order valence-electron chi connectivity index (χ0n) is 19.8. The van der Waals surface area contributed by atoms with Crippen LogP contribution in [-0.4, -0.2) is 68.4 Å². The third kappa shape index (κ3) is 7.11. The van der Waals surface area contributed by atoms with Gasteiger partial charge in [0.25, 0.3) is 11.8 Å². The van der Waals surface area contributed by atoms with Crippen molar-refractivity contribution in [2.24, 2.45) is 4.99 Å². The Morgan fingerprint density at radius 3 is 2.16 bits per heavy atom. The first-order valence-corrected chi connectivity index (χ1v) is 11.0. The van der Waals surface area contributed by atoms with Crippen molar-refractivity contribution in [2.45, 2.75) is 26.8 Å². The van der Waals surface area contributed by atoms with Crippen molar-refractivity contribution in [3.63, 3.8) is 0 Å². The number of amides is 2. The van der Waals surface area contributed by atoms with Crippen LogP contribution in [0, 0.1) is 0 Å². The van der Waals surface area contributed by atoms with E-state index in [4.69, 9.17) is 0 Å². The first-order chi connectivity index (χ1) is 15.4. The second kappa shape index (κ2) is 12.5. The molecule has 7 heteroatoms. The minimum absolute atomic E-state index is 0.00195. The van der Waals surface area contributed by atoms with Gasteiger partial charge in [-0.15, -0.1) is 0 Å². The van der Waals surface area contributed by atoms with Gasteiger partial charge in [-0.05, 0) is 55.7 Å². The fraction of sp³-hybridized carbons (Fsp3) is 0.400. The number of aliphatic imine (C=N–C) groups is 1. The zero-order valence-corrected chi connectivity index (χ0v) is 19.8. The maximum absolute atomic E-state index is 12.4. The van der Waals surface area contributed by atoms with Crippen LogP contribution in [0.25, 0.3) is 0 Å². The van der Waals surface area contributed by atoms with Crippen molar-refractivity contribution < 1.29 is 9.59 Å². The first kappa shape index (κ1) is 24.9. The van der Waals surface area contributed by atoms with Gasteiger partial charge in [0.15, 0.2) is 5.96 Å². The van der Waals surface area contributed by atoms with Crippen molar-refractivity contribution in [1.29, 1.82) is 0 Å². The van der Waals surface area contributed by atoms with Gasteiger partial charge in [-0.25, -0.2) is 0 Å². The summed E-state index contributed by atoms with van der Waals surface area (Å²) < 4.78 is 0. The Morgan fingerprint density at radius 2 is 1.56 bits per heavy atom. The number of carbonyl (C=O) groups excluding carboxylic acids is 2.